The maximum atomic E-state index is 13.3. The van der Waals surface area contributed by atoms with Crippen molar-refractivity contribution in [2.45, 2.75) is 97.9 Å². The molecule has 0 amide bonds. The van der Waals surface area contributed by atoms with E-state index >= 15 is 0 Å². The molecule has 4 saturated carbocycles. The van der Waals surface area contributed by atoms with E-state index in [0.717, 1.165) is 25.7 Å². The minimum absolute atomic E-state index is 0.0554. The average Bonchev–Trinajstić information content (AvgIpc) is 3.25. The first-order valence-electron chi connectivity index (χ1n) is 14.3. The van der Waals surface area contributed by atoms with Gasteiger partial charge in [0.05, 0.1) is 24.2 Å². The number of carbonyl (C=O) groups is 2. The molecule has 36 heavy (non-hydrogen) atoms. The number of esters is 2. The quantitative estimate of drug-likeness (QED) is 0.413. The molecule has 6 rings (SSSR count). The zero-order valence-corrected chi connectivity index (χ0v) is 22.5. The van der Waals surface area contributed by atoms with E-state index in [4.69, 9.17) is 9.47 Å². The van der Waals surface area contributed by atoms with Crippen LogP contribution < -0.4 is 0 Å². The molecular weight excluding hydrogens is 456 g/mol. The van der Waals surface area contributed by atoms with Crippen molar-refractivity contribution in [2.75, 3.05) is 6.61 Å². The molecule has 6 heteroatoms. The molecule has 0 aromatic heterocycles. The highest BCUT2D eigenvalue weighted by Gasteiger charge is 2.70. The van der Waals surface area contributed by atoms with Crippen molar-refractivity contribution in [3.8, 4) is 0 Å². The van der Waals surface area contributed by atoms with Gasteiger partial charge in [-0.3, -0.25) is 9.59 Å². The van der Waals surface area contributed by atoms with Gasteiger partial charge in [-0.15, -0.1) is 0 Å². The van der Waals surface area contributed by atoms with Crippen molar-refractivity contribution in [3.05, 3.63) is 11.6 Å². The van der Waals surface area contributed by atoms with Gasteiger partial charge in [-0.25, -0.2) is 0 Å². The Morgan fingerprint density at radius 3 is 2.56 bits per heavy atom. The van der Waals surface area contributed by atoms with Crippen LogP contribution in [-0.2, 0) is 19.1 Å². The van der Waals surface area contributed by atoms with Gasteiger partial charge >= 0.3 is 11.9 Å². The van der Waals surface area contributed by atoms with E-state index in [0.29, 0.717) is 43.6 Å². The summed E-state index contributed by atoms with van der Waals surface area (Å²) in [4.78, 5) is 25.3. The third-order valence-corrected chi connectivity index (χ3v) is 12.8. The Hall–Kier alpha value is -1.40. The highest BCUT2D eigenvalue weighted by atomic mass is 16.5. The number of aliphatic hydroxyl groups excluding tert-OH is 2. The maximum Gasteiger partial charge on any atom is 0.312 e. The van der Waals surface area contributed by atoms with Crippen LogP contribution in [0.1, 0.15) is 79.6 Å². The van der Waals surface area contributed by atoms with E-state index < -0.39 is 17.6 Å². The van der Waals surface area contributed by atoms with Gasteiger partial charge < -0.3 is 19.7 Å². The Balaban J connectivity index is 1.40. The van der Waals surface area contributed by atoms with Gasteiger partial charge in [0.15, 0.2) is 0 Å². The summed E-state index contributed by atoms with van der Waals surface area (Å²) in [5, 5.41) is 21.9. The van der Waals surface area contributed by atoms with Crippen molar-refractivity contribution >= 4 is 11.9 Å². The first-order chi connectivity index (χ1) is 16.9. The van der Waals surface area contributed by atoms with Gasteiger partial charge in [0, 0.05) is 24.7 Å². The molecule has 1 aliphatic heterocycles. The minimum Gasteiger partial charge on any atom is -0.465 e. The van der Waals surface area contributed by atoms with Gasteiger partial charge in [0.1, 0.15) is 6.10 Å². The smallest absolute Gasteiger partial charge is 0.312 e. The lowest BCUT2D eigenvalue weighted by Gasteiger charge is -2.60. The first kappa shape index (κ1) is 24.9. The Morgan fingerprint density at radius 2 is 1.83 bits per heavy atom. The molecule has 2 N–H and O–H groups in total. The summed E-state index contributed by atoms with van der Waals surface area (Å²) in [6.45, 7) is 11.0. The Bertz CT molecular complexity index is 990. The molecule has 0 spiro atoms. The summed E-state index contributed by atoms with van der Waals surface area (Å²) >= 11 is 0. The van der Waals surface area contributed by atoms with Crippen LogP contribution in [0, 0.1) is 57.7 Å². The van der Waals surface area contributed by atoms with Crippen LogP contribution in [0.3, 0.4) is 0 Å². The summed E-state index contributed by atoms with van der Waals surface area (Å²) in [6, 6.07) is 0. The summed E-state index contributed by atoms with van der Waals surface area (Å²) < 4.78 is 11.6. The van der Waals surface area contributed by atoms with Crippen molar-refractivity contribution in [1.82, 2.24) is 0 Å². The number of carbonyl (C=O) groups excluding carboxylic acids is 2. The molecule has 0 aromatic rings. The number of allylic oxidation sites excluding steroid dienone is 1. The van der Waals surface area contributed by atoms with E-state index in [1.807, 2.05) is 0 Å². The third-order valence-electron chi connectivity index (χ3n) is 12.8. The molecule has 0 bridgehead atoms. The van der Waals surface area contributed by atoms with Gasteiger partial charge in [-0.2, -0.15) is 0 Å². The normalized spacial score (nSPS) is 55.6. The number of hydrogen-bond acceptors (Lipinski definition) is 6. The Kier molecular flexibility index (Phi) is 5.57. The van der Waals surface area contributed by atoms with Crippen molar-refractivity contribution in [3.63, 3.8) is 0 Å². The second-order valence-corrected chi connectivity index (χ2v) is 14.0. The van der Waals surface area contributed by atoms with Gasteiger partial charge in [0.25, 0.3) is 0 Å². The molecule has 5 fully saturated rings. The largest absolute Gasteiger partial charge is 0.465 e. The Labute approximate surface area is 215 Å². The second-order valence-electron chi connectivity index (χ2n) is 14.0. The van der Waals surface area contributed by atoms with Crippen LogP contribution >= 0.6 is 0 Å². The lowest BCUT2D eigenvalue weighted by molar-refractivity contribution is -0.167. The van der Waals surface area contributed by atoms with Gasteiger partial charge in [0.2, 0.25) is 0 Å². The Morgan fingerprint density at radius 1 is 1.08 bits per heavy atom. The van der Waals surface area contributed by atoms with Crippen LogP contribution in [0.25, 0.3) is 0 Å². The van der Waals surface area contributed by atoms with Crippen molar-refractivity contribution in [1.29, 1.82) is 0 Å². The van der Waals surface area contributed by atoms with E-state index in [1.54, 1.807) is 0 Å². The highest BCUT2D eigenvalue weighted by Crippen LogP contribution is 2.72. The predicted octanol–water partition coefficient (Wildman–Crippen LogP) is 4.27. The van der Waals surface area contributed by atoms with Crippen LogP contribution in [0.4, 0.5) is 0 Å². The van der Waals surface area contributed by atoms with Crippen molar-refractivity contribution in [2.24, 2.45) is 57.7 Å². The molecule has 200 valence electrons. The SMILES string of the molecule is CC(=O)OC1CC(O)CC2=CCC3C4CC5C(C(C)C(O)CC6COC(=O)C65C)C4(C)CCC3C21C. The van der Waals surface area contributed by atoms with E-state index in [-0.39, 0.29) is 52.5 Å². The third kappa shape index (κ3) is 3.09. The summed E-state index contributed by atoms with van der Waals surface area (Å²) in [5.41, 5.74) is 0.532. The van der Waals surface area contributed by atoms with Gasteiger partial charge in [-0.05, 0) is 86.4 Å². The molecule has 6 aliphatic rings. The molecule has 1 saturated heterocycles. The van der Waals surface area contributed by atoms with E-state index in [9.17, 15) is 19.8 Å². The number of aliphatic hydroxyl groups is 2. The standard InChI is InChI=1S/C30H44O6/c1-15-24(33)11-18-14-35-27(34)30(18,5)23-13-22-20-7-6-17-10-19(32)12-25(36-16(2)31)29(17,4)21(20)8-9-28(22,3)26(15)23/h6,15,18-26,32-33H,7-14H2,1-5H3. The van der Waals surface area contributed by atoms with Crippen molar-refractivity contribution < 1.29 is 29.3 Å². The number of cyclic esters (lactones) is 1. The molecule has 13 atom stereocenters. The predicted molar refractivity (Wildman–Crippen MR) is 133 cm³/mol. The maximum absolute atomic E-state index is 13.3. The van der Waals surface area contributed by atoms with Crippen LogP contribution in [0.5, 0.6) is 0 Å². The lowest BCUT2D eigenvalue weighted by Crippen LogP contribution is -2.56. The monoisotopic (exact) mass is 500 g/mol. The van der Waals surface area contributed by atoms with Gasteiger partial charge in [-0.1, -0.05) is 32.4 Å². The molecule has 0 aromatic carbocycles. The topological polar surface area (TPSA) is 93.1 Å². The fourth-order valence-corrected chi connectivity index (χ4v) is 10.9. The molecule has 6 nitrogen and oxygen atoms in total. The van der Waals surface area contributed by atoms with Crippen LogP contribution in [0.2, 0.25) is 0 Å². The lowest BCUT2D eigenvalue weighted by atomic mass is 9.46. The number of fused-ring (bicyclic) bond motifs is 9. The second kappa shape index (κ2) is 8.05. The zero-order valence-electron chi connectivity index (χ0n) is 22.5. The fourth-order valence-electron chi connectivity index (χ4n) is 10.9. The number of hydrogen-bond donors (Lipinski definition) is 2. The highest BCUT2D eigenvalue weighted by molar-refractivity contribution is 5.79. The van der Waals surface area contributed by atoms with Crippen LogP contribution in [0.15, 0.2) is 11.6 Å². The molecule has 0 radical (unpaired) electrons. The summed E-state index contributed by atoms with van der Waals surface area (Å²) in [6.07, 6.45) is 7.09. The molecular formula is C30H44O6. The average molecular weight is 501 g/mol. The molecule has 1 heterocycles. The first-order valence-corrected chi connectivity index (χ1v) is 14.3. The minimum atomic E-state index is -0.527. The molecule has 5 aliphatic carbocycles. The summed E-state index contributed by atoms with van der Waals surface area (Å²) in [5.74, 6) is 1.68. The fraction of sp³-hybridized carbons (Fsp3) is 0.867. The van der Waals surface area contributed by atoms with E-state index in [1.165, 1.54) is 12.5 Å². The number of rotatable bonds is 1. The zero-order chi connectivity index (χ0) is 25.8. The number of ether oxygens (including phenoxy) is 2. The van der Waals surface area contributed by atoms with Crippen LogP contribution in [-0.4, -0.2) is 47.1 Å². The molecule has 13 unspecified atom stereocenters. The summed E-state index contributed by atoms with van der Waals surface area (Å²) in [7, 11) is 0. The van der Waals surface area contributed by atoms with E-state index in [2.05, 4.69) is 33.8 Å².